The smallest absolute Gasteiger partial charge is 0.262 e. The topological polar surface area (TPSA) is 57.8 Å². The van der Waals surface area contributed by atoms with Crippen LogP contribution < -0.4 is 5.32 Å². The molecule has 1 amide bonds. The number of halogens is 1. The molecule has 2 aromatic heterocycles. The number of aromatic amines is 1. The van der Waals surface area contributed by atoms with E-state index in [9.17, 15) is 4.79 Å². The van der Waals surface area contributed by atoms with Crippen molar-refractivity contribution in [2.45, 2.75) is 27.3 Å². The first kappa shape index (κ1) is 13.3. The van der Waals surface area contributed by atoms with Crippen molar-refractivity contribution in [2.75, 3.05) is 0 Å². The number of carbonyl (C=O) groups excluding carboxylic acids is 1. The molecule has 0 atom stereocenters. The number of nitrogens with zero attached hydrogens (tertiary/aromatic N) is 1. The molecule has 0 spiro atoms. The summed E-state index contributed by atoms with van der Waals surface area (Å²) in [5.41, 5.74) is 4.09. The molecule has 0 aromatic carbocycles. The summed E-state index contributed by atoms with van der Waals surface area (Å²) in [7, 11) is 0. The molecule has 6 heteroatoms. The zero-order valence-corrected chi connectivity index (χ0v) is 12.8. The van der Waals surface area contributed by atoms with Crippen LogP contribution in [-0.4, -0.2) is 16.1 Å². The average Bonchev–Trinajstić information content (AvgIpc) is 2.83. The summed E-state index contributed by atoms with van der Waals surface area (Å²) in [5.74, 6) is -0.0694. The zero-order valence-electron chi connectivity index (χ0n) is 10.4. The highest BCUT2D eigenvalue weighted by molar-refractivity contribution is 9.10. The Hall–Kier alpha value is -1.14. The zero-order chi connectivity index (χ0) is 13.3. The molecule has 18 heavy (non-hydrogen) atoms. The molecule has 2 heterocycles. The summed E-state index contributed by atoms with van der Waals surface area (Å²) in [6.45, 7) is 6.37. The monoisotopic (exact) mass is 327 g/mol. The number of H-pyrrole nitrogens is 1. The van der Waals surface area contributed by atoms with E-state index in [1.165, 1.54) is 11.3 Å². The summed E-state index contributed by atoms with van der Waals surface area (Å²) >= 11 is 4.87. The van der Waals surface area contributed by atoms with E-state index in [0.717, 1.165) is 27.0 Å². The van der Waals surface area contributed by atoms with Gasteiger partial charge in [0.15, 0.2) is 0 Å². The minimum atomic E-state index is -0.0694. The van der Waals surface area contributed by atoms with E-state index >= 15 is 0 Å². The van der Waals surface area contributed by atoms with Crippen molar-refractivity contribution in [2.24, 2.45) is 0 Å². The minimum Gasteiger partial charge on any atom is -0.346 e. The Bertz CT molecular complexity index is 588. The average molecular weight is 328 g/mol. The number of nitrogens with one attached hydrogen (secondary N) is 2. The lowest BCUT2D eigenvalue weighted by Crippen LogP contribution is -2.22. The number of aryl methyl sites for hydroxylation is 2. The van der Waals surface area contributed by atoms with Gasteiger partial charge in [0.1, 0.15) is 4.88 Å². The van der Waals surface area contributed by atoms with E-state index in [2.05, 4.69) is 31.4 Å². The quantitative estimate of drug-likeness (QED) is 0.910. The molecule has 0 unspecified atom stereocenters. The van der Waals surface area contributed by atoms with Crippen LogP contribution >= 0.6 is 27.3 Å². The highest BCUT2D eigenvalue weighted by Gasteiger charge is 2.15. The van der Waals surface area contributed by atoms with E-state index in [4.69, 9.17) is 0 Å². The first-order valence-electron chi connectivity index (χ1n) is 5.53. The first-order chi connectivity index (χ1) is 8.50. The van der Waals surface area contributed by atoms with Gasteiger partial charge >= 0.3 is 0 Å². The van der Waals surface area contributed by atoms with Gasteiger partial charge in [-0.1, -0.05) is 0 Å². The van der Waals surface area contributed by atoms with Gasteiger partial charge in [-0.15, -0.1) is 11.3 Å². The molecule has 96 valence electrons. The van der Waals surface area contributed by atoms with Crippen molar-refractivity contribution in [3.05, 3.63) is 37.2 Å². The maximum Gasteiger partial charge on any atom is 0.262 e. The van der Waals surface area contributed by atoms with Gasteiger partial charge in [-0.2, -0.15) is 5.10 Å². The minimum absolute atomic E-state index is 0.0694. The van der Waals surface area contributed by atoms with E-state index in [-0.39, 0.29) is 5.91 Å². The van der Waals surface area contributed by atoms with Gasteiger partial charge in [-0.3, -0.25) is 9.89 Å². The number of carbonyl (C=O) groups is 1. The normalized spacial score (nSPS) is 10.7. The number of aromatic nitrogens is 2. The molecule has 2 aromatic rings. The molecule has 4 nitrogen and oxygen atoms in total. The van der Waals surface area contributed by atoms with Crippen molar-refractivity contribution >= 4 is 33.2 Å². The van der Waals surface area contributed by atoms with Crippen LogP contribution in [0.5, 0.6) is 0 Å². The lowest BCUT2D eigenvalue weighted by molar-refractivity contribution is 0.0953. The maximum absolute atomic E-state index is 12.0. The largest absolute Gasteiger partial charge is 0.346 e. The van der Waals surface area contributed by atoms with Crippen LogP contribution in [0, 0.1) is 20.8 Å². The second-order valence-electron chi connectivity index (χ2n) is 4.16. The van der Waals surface area contributed by atoms with Crippen molar-refractivity contribution in [3.8, 4) is 0 Å². The molecule has 0 saturated carbocycles. The number of hydrogen-bond donors (Lipinski definition) is 2. The summed E-state index contributed by atoms with van der Waals surface area (Å²) < 4.78 is 0.875. The van der Waals surface area contributed by atoms with E-state index < -0.39 is 0 Å². The summed E-state index contributed by atoms with van der Waals surface area (Å²) in [5, 5.41) is 11.9. The van der Waals surface area contributed by atoms with Crippen LogP contribution in [0.1, 0.15) is 32.2 Å². The number of amides is 1. The standard InChI is InChI=1S/C12H14BrN3OS/c1-6-5-18-11(10(6)13)12(17)14-4-9-7(2)8(3)15-16-9/h5H,4H2,1-3H3,(H,14,17)(H,15,16). The van der Waals surface area contributed by atoms with Gasteiger partial charge in [-0.25, -0.2) is 0 Å². The Morgan fingerprint density at radius 2 is 2.22 bits per heavy atom. The van der Waals surface area contributed by atoms with E-state index in [1.807, 2.05) is 26.2 Å². The molecule has 0 aliphatic carbocycles. The van der Waals surface area contributed by atoms with Gasteiger partial charge < -0.3 is 5.32 Å². The second kappa shape index (κ2) is 5.24. The molecule has 2 rings (SSSR count). The van der Waals surface area contributed by atoms with Crippen LogP contribution in [0.25, 0.3) is 0 Å². The van der Waals surface area contributed by atoms with Gasteiger partial charge in [0.25, 0.3) is 5.91 Å². The molecule has 0 aliphatic rings. The fourth-order valence-electron chi connectivity index (χ4n) is 1.53. The molecule has 0 aliphatic heterocycles. The third kappa shape index (κ3) is 2.49. The second-order valence-corrected chi connectivity index (χ2v) is 5.84. The molecule has 0 bridgehead atoms. The summed E-state index contributed by atoms with van der Waals surface area (Å²) in [6, 6.07) is 0. The fraction of sp³-hybridized carbons (Fsp3) is 0.333. The molecular formula is C12H14BrN3OS. The number of rotatable bonds is 3. The highest BCUT2D eigenvalue weighted by atomic mass is 79.9. The first-order valence-corrected chi connectivity index (χ1v) is 7.20. The van der Waals surface area contributed by atoms with Crippen LogP contribution in [0.2, 0.25) is 0 Å². The van der Waals surface area contributed by atoms with Crippen LogP contribution in [0.15, 0.2) is 9.85 Å². The lowest BCUT2D eigenvalue weighted by Gasteiger charge is -2.03. The molecule has 0 saturated heterocycles. The SMILES string of the molecule is Cc1csc(C(=O)NCc2n[nH]c(C)c2C)c1Br. The predicted octanol–water partition coefficient (Wildman–Crippen LogP) is 3.09. The Balaban J connectivity index is 2.05. The number of hydrogen-bond acceptors (Lipinski definition) is 3. The Morgan fingerprint density at radius 1 is 1.50 bits per heavy atom. The third-order valence-corrected chi connectivity index (χ3v) is 5.26. The molecular weight excluding hydrogens is 314 g/mol. The molecule has 0 radical (unpaired) electrons. The maximum atomic E-state index is 12.0. The third-order valence-electron chi connectivity index (χ3n) is 2.88. The van der Waals surface area contributed by atoms with Gasteiger partial charge in [-0.05, 0) is 53.2 Å². The Labute approximate surface area is 118 Å². The van der Waals surface area contributed by atoms with E-state index in [0.29, 0.717) is 11.4 Å². The van der Waals surface area contributed by atoms with Crippen molar-refractivity contribution in [1.29, 1.82) is 0 Å². The highest BCUT2D eigenvalue weighted by Crippen LogP contribution is 2.27. The summed E-state index contributed by atoms with van der Waals surface area (Å²) in [6.07, 6.45) is 0. The van der Waals surface area contributed by atoms with Gasteiger partial charge in [0, 0.05) is 10.2 Å². The van der Waals surface area contributed by atoms with Crippen LogP contribution in [0.3, 0.4) is 0 Å². The van der Waals surface area contributed by atoms with E-state index in [1.54, 1.807) is 0 Å². The Kier molecular flexibility index (Phi) is 3.87. The lowest BCUT2D eigenvalue weighted by atomic mass is 10.2. The van der Waals surface area contributed by atoms with Crippen LogP contribution in [0.4, 0.5) is 0 Å². The molecule has 0 fully saturated rings. The molecule has 2 N–H and O–H groups in total. The van der Waals surface area contributed by atoms with Crippen molar-refractivity contribution < 1.29 is 4.79 Å². The van der Waals surface area contributed by atoms with Crippen molar-refractivity contribution in [3.63, 3.8) is 0 Å². The predicted molar refractivity (Wildman–Crippen MR) is 76.0 cm³/mol. The van der Waals surface area contributed by atoms with Gasteiger partial charge in [0.2, 0.25) is 0 Å². The Morgan fingerprint density at radius 3 is 2.72 bits per heavy atom. The van der Waals surface area contributed by atoms with Gasteiger partial charge in [0.05, 0.1) is 12.2 Å². The number of thiophene rings is 1. The van der Waals surface area contributed by atoms with Crippen LogP contribution in [-0.2, 0) is 6.54 Å². The summed E-state index contributed by atoms with van der Waals surface area (Å²) in [4.78, 5) is 12.7. The fourth-order valence-corrected chi connectivity index (χ4v) is 3.12. The van der Waals surface area contributed by atoms with Crippen molar-refractivity contribution in [1.82, 2.24) is 15.5 Å².